The van der Waals surface area contributed by atoms with Gasteiger partial charge in [-0.15, -0.1) is 10.2 Å². The van der Waals surface area contributed by atoms with Crippen molar-refractivity contribution in [3.63, 3.8) is 0 Å². The maximum absolute atomic E-state index is 11.7. The van der Waals surface area contributed by atoms with Gasteiger partial charge in [-0.25, -0.2) is 0 Å². The van der Waals surface area contributed by atoms with Crippen LogP contribution in [0, 0.1) is 11.8 Å². The number of carbonyl (C=O) groups excluding carboxylic acids is 1. The summed E-state index contributed by atoms with van der Waals surface area (Å²) in [6.07, 6.45) is 5.24. The molecule has 1 aliphatic rings. The third kappa shape index (κ3) is 3.92. The number of aromatic nitrogens is 2. The second-order valence-corrected chi connectivity index (χ2v) is 6.01. The fourth-order valence-electron chi connectivity index (χ4n) is 2.55. The molecule has 1 amide bonds. The Kier molecular flexibility index (Phi) is 4.93. The molecule has 1 N–H and O–H groups in total. The Morgan fingerprint density at radius 1 is 1.25 bits per heavy atom. The van der Waals surface area contributed by atoms with E-state index in [0.29, 0.717) is 5.69 Å². The average molecular weight is 276 g/mol. The fourth-order valence-corrected chi connectivity index (χ4v) is 2.55. The van der Waals surface area contributed by atoms with Crippen LogP contribution >= 0.6 is 0 Å². The molecule has 0 radical (unpaired) electrons. The minimum absolute atomic E-state index is 0.120. The smallest absolute Gasteiger partial charge is 0.273 e. The van der Waals surface area contributed by atoms with Gasteiger partial charge in [-0.1, -0.05) is 19.8 Å². The number of hydrogen-bond acceptors (Lipinski definition) is 4. The molecule has 0 spiro atoms. The molecule has 2 rings (SSSR count). The van der Waals surface area contributed by atoms with Crippen LogP contribution in [-0.4, -0.2) is 41.6 Å². The molecule has 0 aliphatic heterocycles. The van der Waals surface area contributed by atoms with E-state index in [1.54, 1.807) is 20.2 Å². The van der Waals surface area contributed by atoms with Crippen LogP contribution in [0.1, 0.15) is 43.1 Å². The SMILES string of the molecule is CC1CCC(CNc2ccc(C(=O)N(C)C)nn2)CC1. The highest BCUT2D eigenvalue weighted by atomic mass is 16.2. The Balaban J connectivity index is 1.83. The zero-order chi connectivity index (χ0) is 14.5. The van der Waals surface area contributed by atoms with Crippen LogP contribution in [0.2, 0.25) is 0 Å². The van der Waals surface area contributed by atoms with E-state index in [2.05, 4.69) is 22.4 Å². The molecule has 0 aromatic carbocycles. The molecule has 1 aromatic rings. The van der Waals surface area contributed by atoms with Gasteiger partial charge in [0.2, 0.25) is 0 Å². The molecule has 0 saturated heterocycles. The largest absolute Gasteiger partial charge is 0.368 e. The summed E-state index contributed by atoms with van der Waals surface area (Å²) in [6.45, 7) is 3.28. The van der Waals surface area contributed by atoms with Gasteiger partial charge < -0.3 is 10.2 Å². The molecule has 5 heteroatoms. The zero-order valence-corrected chi connectivity index (χ0v) is 12.6. The number of carbonyl (C=O) groups is 1. The second-order valence-electron chi connectivity index (χ2n) is 6.01. The predicted octanol–water partition coefficient (Wildman–Crippen LogP) is 2.42. The van der Waals surface area contributed by atoms with Crippen molar-refractivity contribution in [3.8, 4) is 0 Å². The summed E-state index contributed by atoms with van der Waals surface area (Å²) in [5, 5.41) is 11.4. The van der Waals surface area contributed by atoms with Crippen molar-refractivity contribution in [2.75, 3.05) is 26.0 Å². The molecule has 1 fully saturated rings. The van der Waals surface area contributed by atoms with Gasteiger partial charge in [-0.2, -0.15) is 0 Å². The van der Waals surface area contributed by atoms with E-state index < -0.39 is 0 Å². The molecule has 1 aliphatic carbocycles. The number of nitrogens with zero attached hydrogens (tertiary/aromatic N) is 3. The van der Waals surface area contributed by atoms with Crippen LogP contribution in [0.15, 0.2) is 12.1 Å². The lowest BCUT2D eigenvalue weighted by atomic mass is 9.83. The third-order valence-corrected chi connectivity index (χ3v) is 4.00. The maximum Gasteiger partial charge on any atom is 0.273 e. The van der Waals surface area contributed by atoms with Crippen molar-refractivity contribution < 1.29 is 4.79 Å². The minimum Gasteiger partial charge on any atom is -0.368 e. The predicted molar refractivity (Wildman–Crippen MR) is 79.7 cm³/mol. The Hall–Kier alpha value is -1.65. The topological polar surface area (TPSA) is 58.1 Å². The molecule has 20 heavy (non-hydrogen) atoms. The molecular weight excluding hydrogens is 252 g/mol. The Bertz CT molecular complexity index is 436. The molecular formula is C15H24N4O. The van der Waals surface area contributed by atoms with Gasteiger partial charge in [0.1, 0.15) is 5.82 Å². The number of amides is 1. The Morgan fingerprint density at radius 3 is 2.50 bits per heavy atom. The quantitative estimate of drug-likeness (QED) is 0.917. The van der Waals surface area contributed by atoms with Crippen LogP contribution in [0.4, 0.5) is 5.82 Å². The first-order chi connectivity index (χ1) is 9.56. The van der Waals surface area contributed by atoms with Crippen LogP contribution in [0.5, 0.6) is 0 Å². The van der Waals surface area contributed by atoms with E-state index in [1.807, 2.05) is 6.07 Å². The van der Waals surface area contributed by atoms with Crippen LogP contribution in [-0.2, 0) is 0 Å². The first-order valence-electron chi connectivity index (χ1n) is 7.35. The van der Waals surface area contributed by atoms with E-state index in [0.717, 1.165) is 24.2 Å². The highest BCUT2D eigenvalue weighted by Gasteiger charge is 2.18. The van der Waals surface area contributed by atoms with Gasteiger partial charge in [0, 0.05) is 20.6 Å². The summed E-state index contributed by atoms with van der Waals surface area (Å²) in [4.78, 5) is 13.2. The van der Waals surface area contributed by atoms with Gasteiger partial charge in [0.25, 0.3) is 5.91 Å². The first kappa shape index (κ1) is 14.8. The van der Waals surface area contributed by atoms with Gasteiger partial charge >= 0.3 is 0 Å². The van der Waals surface area contributed by atoms with Gasteiger partial charge in [0.15, 0.2) is 5.69 Å². The van der Waals surface area contributed by atoms with Gasteiger partial charge in [0.05, 0.1) is 0 Å². The highest BCUT2D eigenvalue weighted by Crippen LogP contribution is 2.28. The van der Waals surface area contributed by atoms with E-state index >= 15 is 0 Å². The lowest BCUT2D eigenvalue weighted by molar-refractivity contribution is 0.0821. The normalized spacial score (nSPS) is 22.4. The van der Waals surface area contributed by atoms with E-state index in [9.17, 15) is 4.79 Å². The molecule has 1 aromatic heterocycles. The number of rotatable bonds is 4. The Labute approximate surface area is 120 Å². The van der Waals surface area contributed by atoms with Crippen molar-refractivity contribution in [3.05, 3.63) is 17.8 Å². The van der Waals surface area contributed by atoms with E-state index in [4.69, 9.17) is 0 Å². The molecule has 1 heterocycles. The molecule has 110 valence electrons. The molecule has 1 saturated carbocycles. The number of hydrogen-bond donors (Lipinski definition) is 1. The summed E-state index contributed by atoms with van der Waals surface area (Å²) in [5.74, 6) is 2.24. The summed E-state index contributed by atoms with van der Waals surface area (Å²) >= 11 is 0. The van der Waals surface area contributed by atoms with Crippen LogP contribution in [0.3, 0.4) is 0 Å². The van der Waals surface area contributed by atoms with Crippen molar-refractivity contribution in [1.29, 1.82) is 0 Å². The van der Waals surface area contributed by atoms with E-state index in [-0.39, 0.29) is 5.91 Å². The molecule has 5 nitrogen and oxygen atoms in total. The van der Waals surface area contributed by atoms with Crippen LogP contribution in [0.25, 0.3) is 0 Å². The molecule has 0 unspecified atom stereocenters. The second kappa shape index (κ2) is 6.68. The Morgan fingerprint density at radius 2 is 1.95 bits per heavy atom. The minimum atomic E-state index is -0.120. The lowest BCUT2D eigenvalue weighted by Crippen LogP contribution is -2.23. The summed E-state index contributed by atoms with van der Waals surface area (Å²) in [7, 11) is 3.42. The summed E-state index contributed by atoms with van der Waals surface area (Å²) in [6, 6.07) is 3.55. The summed E-state index contributed by atoms with van der Waals surface area (Å²) < 4.78 is 0. The zero-order valence-electron chi connectivity index (χ0n) is 12.6. The summed E-state index contributed by atoms with van der Waals surface area (Å²) in [5.41, 5.74) is 0.382. The van der Waals surface area contributed by atoms with Crippen molar-refractivity contribution >= 4 is 11.7 Å². The molecule has 0 bridgehead atoms. The number of anilines is 1. The van der Waals surface area contributed by atoms with E-state index in [1.165, 1.54) is 30.6 Å². The van der Waals surface area contributed by atoms with Crippen molar-refractivity contribution in [2.24, 2.45) is 11.8 Å². The van der Waals surface area contributed by atoms with Crippen LogP contribution < -0.4 is 5.32 Å². The number of nitrogens with one attached hydrogen (secondary N) is 1. The standard InChI is InChI=1S/C15H24N4O/c1-11-4-6-12(7-5-11)10-16-14-9-8-13(17-18-14)15(20)19(2)3/h8-9,11-12H,4-7,10H2,1-3H3,(H,16,18). The first-order valence-corrected chi connectivity index (χ1v) is 7.35. The maximum atomic E-state index is 11.7. The fraction of sp³-hybridized carbons (Fsp3) is 0.667. The van der Waals surface area contributed by atoms with Gasteiger partial charge in [-0.05, 0) is 36.8 Å². The molecule has 0 atom stereocenters. The van der Waals surface area contributed by atoms with Crippen molar-refractivity contribution in [1.82, 2.24) is 15.1 Å². The van der Waals surface area contributed by atoms with Gasteiger partial charge in [-0.3, -0.25) is 4.79 Å². The van der Waals surface area contributed by atoms with Crippen molar-refractivity contribution in [2.45, 2.75) is 32.6 Å². The lowest BCUT2D eigenvalue weighted by Gasteiger charge is -2.26. The monoisotopic (exact) mass is 276 g/mol. The highest BCUT2D eigenvalue weighted by molar-refractivity contribution is 5.91. The third-order valence-electron chi connectivity index (χ3n) is 4.00. The average Bonchev–Trinajstić information content (AvgIpc) is 2.46.